The van der Waals surface area contributed by atoms with Crippen LogP contribution in [0.5, 0.6) is 0 Å². The Morgan fingerprint density at radius 3 is 2.83 bits per heavy atom. The number of H-pyrrole nitrogens is 1. The maximum atomic E-state index is 12.6. The molecule has 0 radical (unpaired) electrons. The molecule has 1 saturated heterocycles. The first kappa shape index (κ1) is 15.0. The van der Waals surface area contributed by atoms with Crippen molar-refractivity contribution in [1.29, 1.82) is 0 Å². The predicted molar refractivity (Wildman–Crippen MR) is 81.3 cm³/mol. The minimum atomic E-state index is -1.03. The lowest BCUT2D eigenvalue weighted by molar-refractivity contribution is -0.383. The van der Waals surface area contributed by atoms with Crippen LogP contribution in [0, 0.1) is 10.1 Å². The molecule has 120 valence electrons. The third-order valence-electron chi connectivity index (χ3n) is 4.11. The number of fused-ring (bicyclic) bond motifs is 1. The highest BCUT2D eigenvalue weighted by Gasteiger charge is 2.33. The van der Waals surface area contributed by atoms with E-state index < -0.39 is 22.8 Å². The molecule has 0 unspecified atom stereocenters. The number of nitro benzene ring substituents is 1. The van der Waals surface area contributed by atoms with Gasteiger partial charge >= 0.3 is 5.97 Å². The van der Waals surface area contributed by atoms with Crippen LogP contribution in [-0.4, -0.2) is 44.4 Å². The first-order valence-electron chi connectivity index (χ1n) is 7.29. The van der Waals surface area contributed by atoms with E-state index in [-0.39, 0.29) is 16.9 Å². The number of benzene rings is 1. The number of para-hydroxylation sites is 1. The van der Waals surface area contributed by atoms with Gasteiger partial charge in [-0.2, -0.15) is 0 Å². The number of hydrogen-bond donors (Lipinski definition) is 2. The van der Waals surface area contributed by atoms with Crippen LogP contribution >= 0.6 is 0 Å². The molecule has 2 N–H and O–H groups in total. The van der Waals surface area contributed by atoms with Crippen LogP contribution in [0.4, 0.5) is 5.69 Å². The van der Waals surface area contributed by atoms with Gasteiger partial charge in [-0.15, -0.1) is 0 Å². The molecule has 1 fully saturated rings. The number of aliphatic carboxylic acids is 1. The maximum absolute atomic E-state index is 12.6. The number of non-ortho nitro benzene ring substituents is 1. The lowest BCUT2D eigenvalue weighted by atomic mass is 10.0. The van der Waals surface area contributed by atoms with Crippen molar-refractivity contribution in [2.45, 2.75) is 25.3 Å². The van der Waals surface area contributed by atoms with E-state index in [0.717, 1.165) is 12.8 Å². The number of carboxylic acid groups (broad SMARTS) is 1. The van der Waals surface area contributed by atoms with Crippen molar-refractivity contribution in [2.75, 3.05) is 6.54 Å². The Morgan fingerprint density at radius 2 is 2.13 bits per heavy atom. The number of carbonyl (C=O) groups is 2. The Morgan fingerprint density at radius 1 is 1.35 bits per heavy atom. The predicted octanol–water partition coefficient (Wildman–Crippen LogP) is 2.16. The maximum Gasteiger partial charge on any atom is 0.326 e. The van der Waals surface area contributed by atoms with Gasteiger partial charge < -0.3 is 15.0 Å². The summed E-state index contributed by atoms with van der Waals surface area (Å²) in [5, 5.41) is 20.9. The van der Waals surface area contributed by atoms with E-state index in [9.17, 15) is 24.8 Å². The third kappa shape index (κ3) is 2.63. The molecule has 1 aromatic carbocycles. The third-order valence-corrected chi connectivity index (χ3v) is 4.11. The van der Waals surface area contributed by atoms with E-state index in [1.165, 1.54) is 17.0 Å². The van der Waals surface area contributed by atoms with Gasteiger partial charge in [0.05, 0.1) is 4.92 Å². The molecule has 1 aromatic heterocycles. The zero-order valence-electron chi connectivity index (χ0n) is 12.2. The molecule has 23 heavy (non-hydrogen) atoms. The zero-order valence-corrected chi connectivity index (χ0v) is 12.2. The SMILES string of the molecule is O=C(O)[C@H]1CCCCN1C(=O)c1cc2cccc([N+](=O)[O-])c2[nH]1. The van der Waals surface area contributed by atoms with Crippen molar-refractivity contribution in [3.63, 3.8) is 0 Å². The van der Waals surface area contributed by atoms with Gasteiger partial charge in [-0.25, -0.2) is 4.79 Å². The molecule has 1 amide bonds. The second-order valence-corrected chi connectivity index (χ2v) is 5.53. The van der Waals surface area contributed by atoms with Gasteiger partial charge in [-0.3, -0.25) is 14.9 Å². The number of carboxylic acids is 1. The minimum absolute atomic E-state index is 0.116. The summed E-state index contributed by atoms with van der Waals surface area (Å²) in [7, 11) is 0. The molecule has 1 aliphatic heterocycles. The number of nitrogens with one attached hydrogen (secondary N) is 1. The normalized spacial score (nSPS) is 18.1. The molecule has 3 rings (SSSR count). The molecular weight excluding hydrogens is 302 g/mol. The first-order valence-corrected chi connectivity index (χ1v) is 7.29. The fourth-order valence-electron chi connectivity index (χ4n) is 2.99. The minimum Gasteiger partial charge on any atom is -0.480 e. The summed E-state index contributed by atoms with van der Waals surface area (Å²) < 4.78 is 0. The van der Waals surface area contributed by atoms with E-state index in [1.807, 2.05) is 0 Å². The number of amides is 1. The molecule has 0 aliphatic carbocycles. The van der Waals surface area contributed by atoms with Crippen LogP contribution in [0.3, 0.4) is 0 Å². The van der Waals surface area contributed by atoms with Crippen LogP contribution in [0.1, 0.15) is 29.8 Å². The van der Waals surface area contributed by atoms with Gasteiger partial charge in [0.1, 0.15) is 17.3 Å². The van der Waals surface area contributed by atoms with E-state index in [4.69, 9.17) is 0 Å². The van der Waals surface area contributed by atoms with Gasteiger partial charge in [0.15, 0.2) is 0 Å². The Balaban J connectivity index is 1.99. The summed E-state index contributed by atoms with van der Waals surface area (Å²) in [5.74, 6) is -1.47. The van der Waals surface area contributed by atoms with Crippen molar-refractivity contribution in [3.05, 3.63) is 40.1 Å². The highest BCUT2D eigenvalue weighted by atomic mass is 16.6. The van der Waals surface area contributed by atoms with Crippen molar-refractivity contribution in [2.24, 2.45) is 0 Å². The topological polar surface area (TPSA) is 117 Å². The Bertz CT molecular complexity index is 798. The molecule has 8 nitrogen and oxygen atoms in total. The number of piperidine rings is 1. The van der Waals surface area contributed by atoms with E-state index in [1.54, 1.807) is 12.1 Å². The molecule has 1 aliphatic rings. The van der Waals surface area contributed by atoms with Gasteiger partial charge in [-0.05, 0) is 25.3 Å². The van der Waals surface area contributed by atoms with Crippen molar-refractivity contribution >= 4 is 28.5 Å². The van der Waals surface area contributed by atoms with Crippen LogP contribution in [-0.2, 0) is 4.79 Å². The standard InChI is InChI=1S/C15H15N3O5/c19-14(17-7-2-1-5-12(17)15(20)21)10-8-9-4-3-6-11(18(22)23)13(9)16-10/h3-4,6,8,12,16H,1-2,5,7H2,(H,20,21)/t12-/m1/s1. The van der Waals surface area contributed by atoms with E-state index in [2.05, 4.69) is 4.98 Å². The molecule has 2 heterocycles. The number of aromatic nitrogens is 1. The highest BCUT2D eigenvalue weighted by Crippen LogP contribution is 2.27. The average Bonchev–Trinajstić information content (AvgIpc) is 2.97. The molecule has 0 saturated carbocycles. The Labute approximate surface area is 130 Å². The van der Waals surface area contributed by atoms with Crippen LogP contribution in [0.25, 0.3) is 10.9 Å². The van der Waals surface area contributed by atoms with Crippen LogP contribution in [0.15, 0.2) is 24.3 Å². The van der Waals surface area contributed by atoms with Gasteiger partial charge in [0.25, 0.3) is 11.6 Å². The molecule has 2 aromatic rings. The fraction of sp³-hybridized carbons (Fsp3) is 0.333. The quantitative estimate of drug-likeness (QED) is 0.664. The van der Waals surface area contributed by atoms with Crippen molar-refractivity contribution < 1.29 is 19.6 Å². The number of hydrogen-bond acceptors (Lipinski definition) is 4. The molecular formula is C15H15N3O5. The molecule has 1 atom stereocenters. The number of likely N-dealkylation sites (tertiary alicyclic amines) is 1. The summed E-state index contributed by atoms with van der Waals surface area (Å²) in [6, 6.07) is 5.24. The summed E-state index contributed by atoms with van der Waals surface area (Å²) in [6.07, 6.45) is 1.93. The number of nitro groups is 1. The fourth-order valence-corrected chi connectivity index (χ4v) is 2.99. The highest BCUT2D eigenvalue weighted by molar-refractivity contribution is 6.01. The monoisotopic (exact) mass is 317 g/mol. The van der Waals surface area contributed by atoms with Gasteiger partial charge in [-0.1, -0.05) is 12.1 Å². The number of rotatable bonds is 3. The van der Waals surface area contributed by atoms with Crippen molar-refractivity contribution in [3.8, 4) is 0 Å². The van der Waals surface area contributed by atoms with E-state index >= 15 is 0 Å². The smallest absolute Gasteiger partial charge is 0.326 e. The first-order chi connectivity index (χ1) is 11.0. The van der Waals surface area contributed by atoms with E-state index in [0.29, 0.717) is 18.4 Å². The average molecular weight is 317 g/mol. The second kappa shape index (κ2) is 5.71. The summed E-state index contributed by atoms with van der Waals surface area (Å²) in [5.41, 5.74) is 0.321. The summed E-state index contributed by atoms with van der Waals surface area (Å²) in [6.45, 7) is 0.368. The Kier molecular flexibility index (Phi) is 3.73. The summed E-state index contributed by atoms with van der Waals surface area (Å²) >= 11 is 0. The largest absolute Gasteiger partial charge is 0.480 e. The van der Waals surface area contributed by atoms with Crippen LogP contribution in [0.2, 0.25) is 0 Å². The Hall–Kier alpha value is -2.90. The molecule has 0 spiro atoms. The zero-order chi connectivity index (χ0) is 16.6. The number of nitrogens with zero attached hydrogens (tertiary/aromatic N) is 2. The number of carbonyl (C=O) groups excluding carboxylic acids is 1. The van der Waals surface area contributed by atoms with Gasteiger partial charge in [0, 0.05) is 18.0 Å². The lowest BCUT2D eigenvalue weighted by Crippen LogP contribution is -2.48. The van der Waals surface area contributed by atoms with Crippen molar-refractivity contribution in [1.82, 2.24) is 9.88 Å². The second-order valence-electron chi connectivity index (χ2n) is 5.53. The summed E-state index contributed by atoms with van der Waals surface area (Å²) in [4.78, 5) is 38.6. The van der Waals surface area contributed by atoms with Crippen LogP contribution < -0.4 is 0 Å². The van der Waals surface area contributed by atoms with Gasteiger partial charge in [0.2, 0.25) is 0 Å². The molecule has 0 bridgehead atoms. The lowest BCUT2D eigenvalue weighted by Gasteiger charge is -2.32. The molecule has 8 heteroatoms. The number of aromatic amines is 1.